The Morgan fingerprint density at radius 3 is 2.42 bits per heavy atom. The van der Waals surface area contributed by atoms with E-state index in [1.54, 1.807) is 36.4 Å². The number of nitrogens with one attached hydrogen (secondary N) is 3. The molecule has 2 rings (SSSR count). The molecule has 0 spiro atoms. The van der Waals surface area contributed by atoms with Crippen LogP contribution in [0.4, 0.5) is 17.1 Å². The first-order valence-electron chi connectivity index (χ1n) is 7.98. The summed E-state index contributed by atoms with van der Waals surface area (Å²) in [5.74, 6) is -0.413. The Morgan fingerprint density at radius 2 is 1.69 bits per heavy atom. The van der Waals surface area contributed by atoms with Crippen LogP contribution < -0.4 is 16.0 Å². The van der Waals surface area contributed by atoms with Crippen molar-refractivity contribution in [2.24, 2.45) is 0 Å². The van der Waals surface area contributed by atoms with Gasteiger partial charge in [-0.15, -0.1) is 0 Å². The van der Waals surface area contributed by atoms with E-state index in [0.717, 1.165) is 6.42 Å². The van der Waals surface area contributed by atoms with E-state index in [2.05, 4.69) is 16.0 Å². The van der Waals surface area contributed by atoms with Crippen molar-refractivity contribution in [3.63, 3.8) is 0 Å². The van der Waals surface area contributed by atoms with Gasteiger partial charge in [0.05, 0.1) is 33.0 Å². The van der Waals surface area contributed by atoms with E-state index >= 15 is 0 Å². The maximum absolute atomic E-state index is 12.2. The van der Waals surface area contributed by atoms with Crippen molar-refractivity contribution in [2.45, 2.75) is 19.8 Å². The molecule has 0 saturated heterocycles. The molecule has 0 radical (unpaired) electrons. The monoisotopic (exact) mass is 413 g/mol. The van der Waals surface area contributed by atoms with Crippen molar-refractivity contribution in [3.8, 4) is 0 Å². The summed E-state index contributed by atoms with van der Waals surface area (Å²) in [4.78, 5) is 23.9. The molecular formula is C18H18Cl3N3O2. The molecule has 0 aromatic heterocycles. The Bertz CT molecular complexity index is 812. The van der Waals surface area contributed by atoms with Gasteiger partial charge in [0.15, 0.2) is 0 Å². The molecule has 0 aliphatic heterocycles. The third-order valence-corrected chi connectivity index (χ3v) is 4.54. The Labute approximate surface area is 167 Å². The van der Waals surface area contributed by atoms with Gasteiger partial charge in [-0.2, -0.15) is 0 Å². The summed E-state index contributed by atoms with van der Waals surface area (Å²) >= 11 is 18.1. The third kappa shape index (κ3) is 5.80. The maximum atomic E-state index is 12.2. The van der Waals surface area contributed by atoms with Gasteiger partial charge in [0.2, 0.25) is 11.8 Å². The fourth-order valence-corrected chi connectivity index (χ4v) is 2.69. The third-order valence-electron chi connectivity index (χ3n) is 3.39. The van der Waals surface area contributed by atoms with E-state index in [1.165, 1.54) is 0 Å². The highest BCUT2D eigenvalue weighted by Crippen LogP contribution is 2.29. The van der Waals surface area contributed by atoms with E-state index in [1.807, 2.05) is 6.92 Å². The summed E-state index contributed by atoms with van der Waals surface area (Å²) in [5.41, 5.74) is 1.53. The molecule has 8 heteroatoms. The number of carbonyl (C=O) groups is 2. The molecule has 5 nitrogen and oxygen atoms in total. The summed E-state index contributed by atoms with van der Waals surface area (Å²) in [6, 6.07) is 10.0. The number of hydrogen-bond donors (Lipinski definition) is 3. The average Bonchev–Trinajstić information content (AvgIpc) is 2.59. The van der Waals surface area contributed by atoms with E-state index in [-0.39, 0.29) is 18.4 Å². The fourth-order valence-electron chi connectivity index (χ4n) is 2.16. The van der Waals surface area contributed by atoms with Crippen molar-refractivity contribution in [3.05, 3.63) is 51.5 Å². The van der Waals surface area contributed by atoms with Crippen LogP contribution in [0.25, 0.3) is 0 Å². The summed E-state index contributed by atoms with van der Waals surface area (Å²) in [5, 5.41) is 9.49. The van der Waals surface area contributed by atoms with Gasteiger partial charge in [-0.05, 0) is 36.8 Å². The molecule has 2 aromatic rings. The SMILES string of the molecule is CCCC(=O)Nc1ccc(Cl)c(NC(=O)CNc2cccc(Cl)c2Cl)c1. The van der Waals surface area contributed by atoms with Gasteiger partial charge in [-0.3, -0.25) is 9.59 Å². The molecular weight excluding hydrogens is 397 g/mol. The second-order valence-electron chi connectivity index (χ2n) is 5.50. The van der Waals surface area contributed by atoms with Crippen LogP contribution in [0, 0.1) is 0 Å². The van der Waals surface area contributed by atoms with Crippen molar-refractivity contribution < 1.29 is 9.59 Å². The van der Waals surface area contributed by atoms with Crippen LogP contribution in [0.2, 0.25) is 15.1 Å². The van der Waals surface area contributed by atoms with Crippen LogP contribution in [0.1, 0.15) is 19.8 Å². The molecule has 0 atom stereocenters. The van der Waals surface area contributed by atoms with Gasteiger partial charge < -0.3 is 16.0 Å². The summed E-state index contributed by atoms with van der Waals surface area (Å²) in [7, 11) is 0. The largest absolute Gasteiger partial charge is 0.375 e. The molecule has 0 aliphatic carbocycles. The lowest BCUT2D eigenvalue weighted by molar-refractivity contribution is -0.116. The lowest BCUT2D eigenvalue weighted by Crippen LogP contribution is -2.22. The Hall–Kier alpha value is -1.95. The standard InChI is InChI=1S/C18H18Cl3N3O2/c1-2-4-16(25)23-11-7-8-12(19)15(9-11)24-17(26)10-22-14-6-3-5-13(20)18(14)21/h3,5-9,22H,2,4,10H2,1H3,(H,23,25)(H,24,26). The van der Waals surface area contributed by atoms with Gasteiger partial charge in [0.25, 0.3) is 0 Å². The van der Waals surface area contributed by atoms with E-state index < -0.39 is 0 Å². The minimum Gasteiger partial charge on any atom is -0.375 e. The number of carbonyl (C=O) groups excluding carboxylic acids is 2. The molecule has 3 N–H and O–H groups in total. The highest BCUT2D eigenvalue weighted by atomic mass is 35.5. The molecule has 0 aliphatic rings. The molecule has 26 heavy (non-hydrogen) atoms. The first-order valence-corrected chi connectivity index (χ1v) is 9.11. The van der Waals surface area contributed by atoms with Crippen LogP contribution in [0.5, 0.6) is 0 Å². The number of halogens is 3. The molecule has 0 unspecified atom stereocenters. The average molecular weight is 415 g/mol. The Kier molecular flexibility index (Phi) is 7.57. The predicted molar refractivity (Wildman–Crippen MR) is 109 cm³/mol. The van der Waals surface area contributed by atoms with Crippen LogP contribution in [0.3, 0.4) is 0 Å². The molecule has 0 fully saturated rings. The van der Waals surface area contributed by atoms with Crippen molar-refractivity contribution >= 4 is 63.7 Å². The van der Waals surface area contributed by atoms with Gasteiger partial charge in [0, 0.05) is 12.1 Å². The normalized spacial score (nSPS) is 10.3. The predicted octanol–water partition coefficient (Wildman–Crippen LogP) is 5.44. The number of amides is 2. The number of hydrogen-bond acceptors (Lipinski definition) is 3. The van der Waals surface area contributed by atoms with E-state index in [0.29, 0.717) is 38.6 Å². The lowest BCUT2D eigenvalue weighted by Gasteiger charge is -2.12. The van der Waals surface area contributed by atoms with E-state index in [9.17, 15) is 9.59 Å². The summed E-state index contributed by atoms with van der Waals surface area (Å²) in [6.07, 6.45) is 1.18. The van der Waals surface area contributed by atoms with Crippen molar-refractivity contribution in [1.29, 1.82) is 0 Å². The zero-order valence-electron chi connectivity index (χ0n) is 14.0. The van der Waals surface area contributed by atoms with Gasteiger partial charge in [0.1, 0.15) is 0 Å². The van der Waals surface area contributed by atoms with Gasteiger partial charge in [-0.25, -0.2) is 0 Å². The van der Waals surface area contributed by atoms with Crippen LogP contribution in [-0.4, -0.2) is 18.4 Å². The first-order chi connectivity index (χ1) is 12.4. The van der Waals surface area contributed by atoms with Crippen molar-refractivity contribution in [1.82, 2.24) is 0 Å². The molecule has 0 saturated carbocycles. The Balaban J connectivity index is 1.99. The summed E-state index contributed by atoms with van der Waals surface area (Å²) < 4.78 is 0. The molecule has 0 bridgehead atoms. The zero-order chi connectivity index (χ0) is 19.1. The first kappa shape index (κ1) is 20.4. The minimum atomic E-state index is -0.319. The number of anilines is 3. The highest BCUT2D eigenvalue weighted by Gasteiger charge is 2.10. The summed E-state index contributed by atoms with van der Waals surface area (Å²) in [6.45, 7) is 1.90. The van der Waals surface area contributed by atoms with Crippen LogP contribution >= 0.6 is 34.8 Å². The second-order valence-corrected chi connectivity index (χ2v) is 6.69. The van der Waals surface area contributed by atoms with Crippen LogP contribution in [-0.2, 0) is 9.59 Å². The zero-order valence-corrected chi connectivity index (χ0v) is 16.3. The Morgan fingerprint density at radius 1 is 0.923 bits per heavy atom. The van der Waals surface area contributed by atoms with Crippen molar-refractivity contribution in [2.75, 3.05) is 22.5 Å². The number of benzene rings is 2. The molecule has 0 heterocycles. The maximum Gasteiger partial charge on any atom is 0.243 e. The molecule has 2 amide bonds. The minimum absolute atomic E-state index is 0.0250. The smallest absolute Gasteiger partial charge is 0.243 e. The second kappa shape index (κ2) is 9.67. The quantitative estimate of drug-likeness (QED) is 0.565. The topological polar surface area (TPSA) is 70.2 Å². The van der Waals surface area contributed by atoms with E-state index in [4.69, 9.17) is 34.8 Å². The molecule has 2 aromatic carbocycles. The van der Waals surface area contributed by atoms with Gasteiger partial charge >= 0.3 is 0 Å². The highest BCUT2D eigenvalue weighted by molar-refractivity contribution is 6.43. The molecule has 138 valence electrons. The lowest BCUT2D eigenvalue weighted by atomic mass is 10.2. The fraction of sp³-hybridized carbons (Fsp3) is 0.222. The number of rotatable bonds is 7. The van der Waals surface area contributed by atoms with Crippen LogP contribution in [0.15, 0.2) is 36.4 Å². The van der Waals surface area contributed by atoms with Gasteiger partial charge in [-0.1, -0.05) is 47.8 Å².